The van der Waals surface area contributed by atoms with Crippen molar-refractivity contribution in [2.75, 3.05) is 25.7 Å². The highest BCUT2D eigenvalue weighted by Crippen LogP contribution is 2.40. The van der Waals surface area contributed by atoms with E-state index >= 15 is 0 Å². The molecular weight excluding hydrogens is 232 g/mol. The molecular formula is C5H15NO6P2. The van der Waals surface area contributed by atoms with Crippen LogP contribution in [0.3, 0.4) is 0 Å². The number of nitrogens with zero attached hydrogens (tertiary/aromatic N) is 1. The van der Waals surface area contributed by atoms with Crippen LogP contribution in [0.5, 0.6) is 0 Å². The highest BCUT2D eigenvalue weighted by Gasteiger charge is 2.21. The van der Waals surface area contributed by atoms with E-state index in [9.17, 15) is 4.57 Å². The highest BCUT2D eigenvalue weighted by molar-refractivity contribution is 7.62. The van der Waals surface area contributed by atoms with Crippen LogP contribution in [0, 0.1) is 0 Å². The maximum atomic E-state index is 10.6. The van der Waals surface area contributed by atoms with Gasteiger partial charge in [0.05, 0.1) is 12.9 Å². The summed E-state index contributed by atoms with van der Waals surface area (Å²) in [7, 11) is -7.62. The van der Waals surface area contributed by atoms with Crippen molar-refractivity contribution >= 4 is 21.2 Å². The number of hydrogen-bond acceptors (Lipinski definition) is 5. The third-order valence-corrected chi connectivity index (χ3v) is 2.85. The predicted octanol–water partition coefficient (Wildman–Crippen LogP) is -1.36. The van der Waals surface area contributed by atoms with Crippen molar-refractivity contribution in [3.63, 3.8) is 0 Å². The van der Waals surface area contributed by atoms with Crippen LogP contribution in [0.1, 0.15) is 0 Å². The molecule has 5 N–H and O–H groups in total. The van der Waals surface area contributed by atoms with Gasteiger partial charge in [-0.2, -0.15) is 0 Å². The number of rotatable bonds is 6. The van der Waals surface area contributed by atoms with Crippen molar-refractivity contribution in [3.05, 3.63) is 0 Å². The van der Waals surface area contributed by atoms with Crippen LogP contribution in [0.4, 0.5) is 0 Å². The lowest BCUT2D eigenvalue weighted by Crippen LogP contribution is -2.29. The molecule has 14 heavy (non-hydrogen) atoms. The lowest BCUT2D eigenvalue weighted by molar-refractivity contribution is 0.217. The molecule has 0 aromatic carbocycles. The van der Waals surface area contributed by atoms with Gasteiger partial charge in [0, 0.05) is 6.54 Å². The zero-order valence-corrected chi connectivity index (χ0v) is 9.31. The van der Waals surface area contributed by atoms with E-state index in [1.807, 2.05) is 0 Å². The molecule has 0 aliphatic carbocycles. The monoisotopic (exact) mass is 247 g/mol. The Morgan fingerprint density at radius 3 is 1.93 bits per heavy atom. The summed E-state index contributed by atoms with van der Waals surface area (Å²) in [5, 5.41) is 8.56. The molecule has 9 heteroatoms. The van der Waals surface area contributed by atoms with Crippen LogP contribution in [-0.2, 0) is 4.57 Å². The molecule has 7 nitrogen and oxygen atoms in total. The zero-order chi connectivity index (χ0) is 11.4. The van der Waals surface area contributed by atoms with Gasteiger partial charge in [0.2, 0.25) is 0 Å². The van der Waals surface area contributed by atoms with E-state index in [0.29, 0.717) is 0 Å². The quantitative estimate of drug-likeness (QED) is 0.367. The van der Waals surface area contributed by atoms with E-state index < -0.39 is 21.2 Å². The fourth-order valence-electron chi connectivity index (χ4n) is 0.908. The molecule has 0 saturated carbocycles. The third kappa shape index (κ3) is 8.87. The van der Waals surface area contributed by atoms with Crippen molar-refractivity contribution < 1.29 is 29.2 Å². The topological polar surface area (TPSA) is 121 Å². The van der Waals surface area contributed by atoms with Gasteiger partial charge in [0.15, 0.2) is 0 Å². The second kappa shape index (κ2) is 5.39. The number of hydrogen-bond donors (Lipinski definition) is 5. The first-order chi connectivity index (χ1) is 6.14. The van der Waals surface area contributed by atoms with Crippen LogP contribution in [0.2, 0.25) is 0 Å². The molecule has 0 spiro atoms. The summed E-state index contributed by atoms with van der Waals surface area (Å²) in [6.45, 7) is -0.358. The fourth-order valence-corrected chi connectivity index (χ4v) is 2.71. The van der Waals surface area contributed by atoms with E-state index in [4.69, 9.17) is 24.7 Å². The predicted molar refractivity (Wildman–Crippen MR) is 54.0 cm³/mol. The minimum atomic E-state index is -4.26. The molecule has 0 saturated heterocycles. The number of aliphatic hydroxyl groups excluding tert-OH is 1. The average molecular weight is 247 g/mol. The normalized spacial score (nSPS) is 13.6. The summed E-state index contributed by atoms with van der Waals surface area (Å²) in [6, 6.07) is 0. The van der Waals surface area contributed by atoms with Gasteiger partial charge in [-0.15, -0.1) is 0 Å². The Morgan fingerprint density at radius 2 is 1.64 bits per heavy atom. The first-order valence-electron chi connectivity index (χ1n) is 3.70. The van der Waals surface area contributed by atoms with Crippen molar-refractivity contribution in [2.45, 2.75) is 0 Å². The van der Waals surface area contributed by atoms with Crippen molar-refractivity contribution in [1.82, 2.24) is 4.90 Å². The molecule has 0 bridgehead atoms. The molecule has 0 aromatic rings. The molecule has 0 fully saturated rings. The molecule has 0 heterocycles. The van der Waals surface area contributed by atoms with E-state index in [2.05, 4.69) is 6.30 Å². The second-order valence-electron chi connectivity index (χ2n) is 2.94. The van der Waals surface area contributed by atoms with E-state index in [-0.39, 0.29) is 19.4 Å². The van der Waals surface area contributed by atoms with E-state index in [0.717, 1.165) is 4.90 Å². The molecule has 0 rings (SSSR count). The molecule has 0 radical (unpaired) electrons. The maximum Gasteiger partial charge on any atom is 0.339 e. The Balaban J connectivity index is 4.31. The van der Waals surface area contributed by atoms with Gasteiger partial charge in [-0.3, -0.25) is 9.46 Å². The summed E-state index contributed by atoms with van der Waals surface area (Å²) >= 11 is 0. The summed E-state index contributed by atoms with van der Waals surface area (Å²) in [5.41, 5.74) is 0. The third-order valence-electron chi connectivity index (χ3n) is 1.23. The largest absolute Gasteiger partial charge is 0.395 e. The van der Waals surface area contributed by atoms with Gasteiger partial charge in [-0.25, -0.2) is 0 Å². The molecule has 0 amide bonds. The lowest BCUT2D eigenvalue weighted by atomic mass is 10.6. The van der Waals surface area contributed by atoms with Gasteiger partial charge in [0.25, 0.3) is 0 Å². The maximum absolute atomic E-state index is 10.6. The zero-order valence-electron chi connectivity index (χ0n) is 7.52. The standard InChI is InChI=1S/C5H15NO6P2/c1-13(8,9)4-6(2-3-7)5-14(10,11)12/h7-9H,1-5H2,(H2,10,11,12). The molecule has 0 atom stereocenters. The van der Waals surface area contributed by atoms with Gasteiger partial charge in [0.1, 0.15) is 13.6 Å². The van der Waals surface area contributed by atoms with Gasteiger partial charge in [-0.05, 0) is 0 Å². The highest BCUT2D eigenvalue weighted by atomic mass is 31.2. The summed E-state index contributed by atoms with van der Waals surface area (Å²) in [4.78, 5) is 36.3. The minimum absolute atomic E-state index is 0.0382. The Hall–Kier alpha value is 0.290. The molecule has 0 aliphatic heterocycles. The van der Waals surface area contributed by atoms with Gasteiger partial charge >= 0.3 is 7.60 Å². The molecule has 86 valence electrons. The summed E-state index contributed by atoms with van der Waals surface area (Å²) < 4.78 is 10.6. The Kier molecular flexibility index (Phi) is 5.51. The van der Waals surface area contributed by atoms with Crippen LogP contribution in [0.15, 0.2) is 0 Å². The van der Waals surface area contributed by atoms with Crippen molar-refractivity contribution in [2.24, 2.45) is 0 Å². The van der Waals surface area contributed by atoms with E-state index in [1.165, 1.54) is 0 Å². The smallest absolute Gasteiger partial charge is 0.339 e. The SMILES string of the molecule is C=P(O)(O)CN(CCO)CP(=O)(O)O. The van der Waals surface area contributed by atoms with Gasteiger partial charge in [-0.1, -0.05) is 6.30 Å². The molecule has 0 aromatic heterocycles. The Bertz CT molecular complexity index is 233. The Morgan fingerprint density at radius 1 is 1.14 bits per heavy atom. The fraction of sp³-hybridized carbons (Fsp3) is 0.800. The van der Waals surface area contributed by atoms with E-state index in [1.54, 1.807) is 0 Å². The molecule has 0 unspecified atom stereocenters. The Labute approximate surface area is 81.9 Å². The van der Waals surface area contributed by atoms with Crippen LogP contribution < -0.4 is 0 Å². The van der Waals surface area contributed by atoms with Gasteiger partial charge < -0.3 is 24.7 Å². The average Bonchev–Trinajstić information content (AvgIpc) is 1.78. The first kappa shape index (κ1) is 14.3. The van der Waals surface area contributed by atoms with Crippen molar-refractivity contribution in [3.8, 4) is 0 Å². The second-order valence-corrected chi connectivity index (χ2v) is 6.60. The lowest BCUT2D eigenvalue weighted by Gasteiger charge is -2.24. The minimum Gasteiger partial charge on any atom is -0.395 e. The van der Waals surface area contributed by atoms with Crippen LogP contribution in [0.25, 0.3) is 0 Å². The van der Waals surface area contributed by atoms with Crippen LogP contribution in [-0.4, -0.2) is 61.6 Å². The molecule has 0 aliphatic rings. The number of aliphatic hydroxyl groups is 1. The summed E-state index contributed by atoms with van der Waals surface area (Å²) in [5.74, 6) is 0. The van der Waals surface area contributed by atoms with Crippen molar-refractivity contribution in [1.29, 1.82) is 0 Å². The first-order valence-corrected chi connectivity index (χ1v) is 7.56. The van der Waals surface area contributed by atoms with Crippen LogP contribution >= 0.6 is 14.9 Å². The summed E-state index contributed by atoms with van der Waals surface area (Å²) in [6.07, 6.45) is 2.11.